The first-order chi connectivity index (χ1) is 7.76. The average molecular weight is 381 g/mol. The summed E-state index contributed by atoms with van der Waals surface area (Å²) in [5.74, 6) is -0.956. The number of nitrogens with zero attached hydrogens (tertiary/aromatic N) is 1. The highest BCUT2D eigenvalue weighted by Crippen LogP contribution is 2.36. The summed E-state index contributed by atoms with van der Waals surface area (Å²) in [6.45, 7) is 0. The van der Waals surface area contributed by atoms with Crippen molar-refractivity contribution in [2.45, 2.75) is 6.36 Å². The topological polar surface area (TPSA) is 48.4 Å². The molecule has 1 heterocycles. The van der Waals surface area contributed by atoms with Crippen molar-refractivity contribution in [1.29, 1.82) is 0 Å². The molecule has 0 unspecified atom stereocenters. The molecule has 0 aliphatic carbocycles. The SMILES string of the molecule is COc1cnc(I)c(OC(F)(F)F)c1C(=O)Cl. The monoisotopic (exact) mass is 381 g/mol. The lowest BCUT2D eigenvalue weighted by molar-refractivity contribution is -0.275. The van der Waals surface area contributed by atoms with Gasteiger partial charge in [0.05, 0.1) is 13.3 Å². The molecule has 0 saturated carbocycles. The van der Waals surface area contributed by atoms with E-state index in [0.717, 1.165) is 6.20 Å². The molecule has 0 aliphatic rings. The highest BCUT2D eigenvalue weighted by atomic mass is 127. The van der Waals surface area contributed by atoms with Crippen LogP contribution >= 0.6 is 34.2 Å². The third-order valence-electron chi connectivity index (χ3n) is 1.59. The van der Waals surface area contributed by atoms with Gasteiger partial charge in [0.15, 0.2) is 11.5 Å². The summed E-state index contributed by atoms with van der Waals surface area (Å²) in [5, 5.41) is -1.12. The van der Waals surface area contributed by atoms with E-state index >= 15 is 0 Å². The average Bonchev–Trinajstić information content (AvgIpc) is 2.18. The number of ether oxygens (including phenoxy) is 2. The summed E-state index contributed by atoms with van der Waals surface area (Å²) in [6, 6.07) is 0. The minimum atomic E-state index is -4.95. The Labute approximate surface area is 112 Å². The van der Waals surface area contributed by atoms with Crippen LogP contribution in [0.25, 0.3) is 0 Å². The Morgan fingerprint density at radius 1 is 1.53 bits per heavy atom. The summed E-state index contributed by atoms with van der Waals surface area (Å²) < 4.78 is 44.7. The molecule has 0 bridgehead atoms. The quantitative estimate of drug-likeness (QED) is 0.459. The van der Waals surface area contributed by atoms with Crippen LogP contribution in [-0.4, -0.2) is 23.7 Å². The number of hydrogen-bond donors (Lipinski definition) is 0. The van der Waals surface area contributed by atoms with Crippen molar-refractivity contribution in [3.63, 3.8) is 0 Å². The molecule has 4 nitrogen and oxygen atoms in total. The van der Waals surface area contributed by atoms with E-state index in [0.29, 0.717) is 0 Å². The van der Waals surface area contributed by atoms with Gasteiger partial charge in [-0.2, -0.15) is 0 Å². The van der Waals surface area contributed by atoms with Crippen molar-refractivity contribution in [1.82, 2.24) is 4.98 Å². The zero-order valence-electron chi connectivity index (χ0n) is 8.14. The number of halogens is 5. The smallest absolute Gasteiger partial charge is 0.494 e. The summed E-state index contributed by atoms with van der Waals surface area (Å²) in [4.78, 5) is 14.7. The van der Waals surface area contributed by atoms with E-state index in [1.54, 1.807) is 0 Å². The molecule has 0 aromatic carbocycles. The number of carbonyl (C=O) groups excluding carboxylic acids is 1. The van der Waals surface area contributed by atoms with E-state index in [2.05, 4.69) is 9.72 Å². The van der Waals surface area contributed by atoms with Crippen LogP contribution in [0.2, 0.25) is 0 Å². The maximum atomic E-state index is 12.2. The van der Waals surface area contributed by atoms with E-state index in [1.807, 2.05) is 0 Å². The molecular weight excluding hydrogens is 377 g/mol. The minimum absolute atomic E-state index is 0.148. The number of aromatic nitrogens is 1. The first-order valence-corrected chi connectivity index (χ1v) is 5.40. The number of carbonyl (C=O) groups is 1. The number of alkyl halides is 3. The van der Waals surface area contributed by atoms with Gasteiger partial charge in [0.1, 0.15) is 9.26 Å². The van der Waals surface area contributed by atoms with Gasteiger partial charge < -0.3 is 9.47 Å². The Morgan fingerprint density at radius 2 is 2.12 bits per heavy atom. The van der Waals surface area contributed by atoms with Gasteiger partial charge in [-0.25, -0.2) is 4.98 Å². The van der Waals surface area contributed by atoms with Crippen LogP contribution in [-0.2, 0) is 0 Å². The van der Waals surface area contributed by atoms with Crippen molar-refractivity contribution in [3.05, 3.63) is 15.5 Å². The number of rotatable bonds is 3. The second-order valence-electron chi connectivity index (χ2n) is 2.64. The highest BCUT2D eigenvalue weighted by molar-refractivity contribution is 14.1. The fourth-order valence-corrected chi connectivity index (χ4v) is 1.70. The molecule has 0 atom stereocenters. The number of pyridine rings is 1. The molecular formula is C8H4ClF3INO3. The van der Waals surface area contributed by atoms with Crippen LogP contribution in [0.1, 0.15) is 10.4 Å². The van der Waals surface area contributed by atoms with Crippen molar-refractivity contribution in [2.75, 3.05) is 7.11 Å². The van der Waals surface area contributed by atoms with Crippen molar-refractivity contribution in [3.8, 4) is 11.5 Å². The second-order valence-corrected chi connectivity index (χ2v) is 4.01. The largest absolute Gasteiger partial charge is 0.573 e. The molecule has 1 aromatic rings. The fraction of sp³-hybridized carbons (Fsp3) is 0.250. The Bertz CT molecular complexity index is 452. The van der Waals surface area contributed by atoms with Crippen LogP contribution < -0.4 is 9.47 Å². The van der Waals surface area contributed by atoms with Gasteiger partial charge in [0.25, 0.3) is 5.24 Å². The molecule has 0 amide bonds. The summed E-state index contributed by atoms with van der Waals surface area (Å²) in [5.41, 5.74) is -0.508. The minimum Gasteiger partial charge on any atom is -0.494 e. The third-order valence-corrected chi connectivity index (χ3v) is 2.55. The van der Waals surface area contributed by atoms with Crippen LogP contribution in [0.4, 0.5) is 13.2 Å². The summed E-state index contributed by atoms with van der Waals surface area (Å²) in [7, 11) is 1.17. The van der Waals surface area contributed by atoms with Gasteiger partial charge in [0.2, 0.25) is 0 Å². The zero-order chi connectivity index (χ0) is 13.2. The van der Waals surface area contributed by atoms with E-state index in [-0.39, 0.29) is 9.45 Å². The van der Waals surface area contributed by atoms with Crippen molar-refractivity contribution < 1.29 is 27.4 Å². The molecule has 1 rings (SSSR count). The van der Waals surface area contributed by atoms with Gasteiger partial charge in [-0.15, -0.1) is 13.2 Å². The Kier molecular flexibility index (Phi) is 4.42. The van der Waals surface area contributed by atoms with Crippen LogP contribution in [0.3, 0.4) is 0 Å². The Hall–Kier alpha value is -0.770. The van der Waals surface area contributed by atoms with E-state index in [4.69, 9.17) is 16.3 Å². The van der Waals surface area contributed by atoms with Gasteiger partial charge in [-0.3, -0.25) is 4.79 Å². The molecule has 9 heteroatoms. The molecule has 1 aromatic heterocycles. The molecule has 17 heavy (non-hydrogen) atoms. The van der Waals surface area contributed by atoms with Crippen LogP contribution in [0, 0.1) is 3.70 Å². The lowest BCUT2D eigenvalue weighted by Crippen LogP contribution is -2.20. The molecule has 0 spiro atoms. The Morgan fingerprint density at radius 3 is 2.53 bits per heavy atom. The molecule has 0 N–H and O–H groups in total. The number of methoxy groups -OCH3 is 1. The molecule has 0 aliphatic heterocycles. The molecule has 0 radical (unpaired) electrons. The predicted octanol–water partition coefficient (Wildman–Crippen LogP) is 2.97. The lowest BCUT2D eigenvalue weighted by Gasteiger charge is -2.14. The molecule has 0 saturated heterocycles. The first kappa shape index (κ1) is 14.3. The van der Waals surface area contributed by atoms with Gasteiger partial charge >= 0.3 is 6.36 Å². The number of hydrogen-bond acceptors (Lipinski definition) is 4. The van der Waals surface area contributed by atoms with Gasteiger partial charge in [-0.05, 0) is 34.2 Å². The van der Waals surface area contributed by atoms with Crippen molar-refractivity contribution >= 4 is 39.4 Å². The maximum absolute atomic E-state index is 12.2. The summed E-state index contributed by atoms with van der Waals surface area (Å²) >= 11 is 6.69. The van der Waals surface area contributed by atoms with Crippen LogP contribution in [0.15, 0.2) is 6.20 Å². The Balaban J connectivity index is 3.39. The van der Waals surface area contributed by atoms with E-state index in [9.17, 15) is 18.0 Å². The molecule has 94 valence electrons. The maximum Gasteiger partial charge on any atom is 0.573 e. The molecule has 0 fully saturated rings. The third kappa shape index (κ3) is 3.60. The van der Waals surface area contributed by atoms with Gasteiger partial charge in [-0.1, -0.05) is 0 Å². The fourth-order valence-electron chi connectivity index (χ4n) is 1.00. The second kappa shape index (κ2) is 5.25. The first-order valence-electron chi connectivity index (χ1n) is 3.94. The lowest BCUT2D eigenvalue weighted by atomic mass is 10.2. The van der Waals surface area contributed by atoms with E-state index < -0.39 is 22.9 Å². The van der Waals surface area contributed by atoms with Crippen LogP contribution in [0.5, 0.6) is 11.5 Å². The van der Waals surface area contributed by atoms with Gasteiger partial charge in [0, 0.05) is 0 Å². The van der Waals surface area contributed by atoms with E-state index in [1.165, 1.54) is 29.7 Å². The normalized spacial score (nSPS) is 11.2. The highest BCUT2D eigenvalue weighted by Gasteiger charge is 2.35. The standard InChI is InChI=1S/C8H4ClF3INO3/c1-16-3-2-14-7(13)5(4(3)6(9)15)17-8(10,11)12/h2H,1H3. The van der Waals surface area contributed by atoms with Crippen molar-refractivity contribution in [2.24, 2.45) is 0 Å². The zero-order valence-corrected chi connectivity index (χ0v) is 11.1. The summed E-state index contributed by atoms with van der Waals surface area (Å²) in [6.07, 6.45) is -3.87. The predicted molar refractivity (Wildman–Crippen MR) is 60.4 cm³/mol.